The van der Waals surface area contributed by atoms with Crippen LogP contribution in [0.4, 0.5) is 0 Å². The summed E-state index contributed by atoms with van der Waals surface area (Å²) in [6.45, 7) is 36.7. The van der Waals surface area contributed by atoms with E-state index in [1.54, 1.807) is 0 Å². The lowest BCUT2D eigenvalue weighted by atomic mass is 10.2. The van der Waals surface area contributed by atoms with Crippen molar-refractivity contribution in [3.05, 3.63) is 84.2 Å². The first-order valence-electron chi connectivity index (χ1n) is 17.0. The van der Waals surface area contributed by atoms with E-state index in [0.717, 1.165) is 11.4 Å². The van der Waals surface area contributed by atoms with Crippen LogP contribution in [0, 0.1) is 13.8 Å². The molecule has 0 atom stereocenters. The van der Waals surface area contributed by atoms with E-state index in [1.165, 1.54) is 10.4 Å². The van der Waals surface area contributed by atoms with Gasteiger partial charge in [0, 0.05) is 23.5 Å². The molecule has 0 aliphatic carbocycles. The van der Waals surface area contributed by atoms with Gasteiger partial charge in [-0.1, -0.05) is 144 Å². The molecule has 0 aliphatic heterocycles. The minimum absolute atomic E-state index is 0.0860. The molecule has 2 aromatic heterocycles. The maximum absolute atomic E-state index is 7.32. The van der Waals surface area contributed by atoms with Crippen LogP contribution in [-0.2, 0) is 0 Å². The quantitative estimate of drug-likeness (QED) is 0.173. The third-order valence-electron chi connectivity index (χ3n) is 9.87. The van der Waals surface area contributed by atoms with Gasteiger partial charge in [0.15, 0.2) is 0 Å². The van der Waals surface area contributed by atoms with Crippen molar-refractivity contribution in [3.8, 4) is 11.8 Å². The molecule has 0 amide bonds. The van der Waals surface area contributed by atoms with Crippen LogP contribution in [0.3, 0.4) is 0 Å². The summed E-state index contributed by atoms with van der Waals surface area (Å²) in [6, 6.07) is 25.9. The second-order valence-corrected chi connectivity index (χ2v) is 32.0. The molecule has 2 heterocycles. The Kier molecular flexibility index (Phi) is 9.60. The number of aryl methyl sites for hydroxylation is 2. The fourth-order valence-corrected chi connectivity index (χ4v) is 22.9. The van der Waals surface area contributed by atoms with Gasteiger partial charge in [-0.3, -0.25) is 8.69 Å². The lowest BCUT2D eigenvalue weighted by Gasteiger charge is -2.50. The van der Waals surface area contributed by atoms with E-state index in [0.29, 0.717) is 11.8 Å². The van der Waals surface area contributed by atoms with E-state index >= 15 is 0 Å². The molecule has 0 bridgehead atoms. The SMILES string of the molecule is Cc1cc(O[Si](c2ccccc2)(C(C)(C)C)C(C)(C)C)nn1[Si](C)(C)n1nc(O[Si](c2ccccc2)(C(C)(C)C)C(C)(C)C)cc1C. The zero-order valence-corrected chi connectivity index (χ0v) is 35.0. The number of rotatable bonds is 8. The third kappa shape index (κ3) is 6.35. The largest absolute Gasteiger partial charge is 0.524 e. The van der Waals surface area contributed by atoms with Crippen LogP contribution < -0.4 is 19.2 Å². The highest BCUT2D eigenvalue weighted by atomic mass is 28.4. The summed E-state index contributed by atoms with van der Waals surface area (Å²) in [5.41, 5.74) is 2.15. The Morgan fingerprint density at radius 1 is 0.489 bits per heavy atom. The molecule has 9 heteroatoms. The van der Waals surface area contributed by atoms with Crippen molar-refractivity contribution in [1.82, 2.24) is 18.9 Å². The standard InChI is InChI=1S/C38H60N4O2Si3/c1-29-27-33(43-46(35(3,4)5,36(6,7)8)31-23-19-17-20-24-31)39-41(29)45(15,16)42-30(2)28-34(40-42)44-47(37(9,10)11,38(12,13)14)32-25-21-18-22-26-32/h17-28H,1-16H3. The fourth-order valence-electron chi connectivity index (χ4n) is 8.56. The minimum Gasteiger partial charge on any atom is -0.524 e. The van der Waals surface area contributed by atoms with Crippen LogP contribution in [0.25, 0.3) is 0 Å². The maximum Gasteiger partial charge on any atom is 0.304 e. The summed E-state index contributed by atoms with van der Waals surface area (Å²) >= 11 is 0. The highest BCUT2D eigenvalue weighted by Gasteiger charge is 2.60. The molecule has 0 unspecified atom stereocenters. The van der Waals surface area contributed by atoms with Gasteiger partial charge in [0.25, 0.3) is 16.6 Å². The molecule has 0 saturated carbocycles. The number of nitrogens with zero attached hydrogens (tertiary/aromatic N) is 4. The Bertz CT molecular complexity index is 1510. The van der Waals surface area contributed by atoms with Gasteiger partial charge in [0.2, 0.25) is 11.8 Å². The first-order chi connectivity index (χ1) is 21.4. The van der Waals surface area contributed by atoms with Gasteiger partial charge in [0.05, 0.1) is 0 Å². The Labute approximate surface area is 288 Å². The number of hydrogen-bond acceptors (Lipinski definition) is 4. The van der Waals surface area contributed by atoms with Crippen molar-refractivity contribution >= 4 is 35.4 Å². The molecule has 6 nitrogen and oxygen atoms in total. The van der Waals surface area contributed by atoms with Crippen LogP contribution in [0.2, 0.25) is 33.2 Å². The average Bonchev–Trinajstić information content (AvgIpc) is 3.50. The van der Waals surface area contributed by atoms with Crippen molar-refractivity contribution in [2.45, 2.75) is 130 Å². The predicted octanol–water partition coefficient (Wildman–Crippen LogP) is 9.46. The normalized spacial score (nSPS) is 14.0. The molecule has 0 spiro atoms. The molecule has 256 valence electrons. The van der Waals surface area contributed by atoms with E-state index in [4.69, 9.17) is 19.0 Å². The molecule has 0 fully saturated rings. The van der Waals surface area contributed by atoms with Crippen molar-refractivity contribution < 1.29 is 8.85 Å². The van der Waals surface area contributed by atoms with Crippen LogP contribution >= 0.6 is 0 Å². The third-order valence-corrected chi connectivity index (χ3v) is 24.6. The van der Waals surface area contributed by atoms with Gasteiger partial charge in [-0.2, -0.15) is 0 Å². The topological polar surface area (TPSA) is 54.1 Å². The van der Waals surface area contributed by atoms with Crippen molar-refractivity contribution in [2.24, 2.45) is 0 Å². The first-order valence-corrected chi connectivity index (χ1v) is 23.7. The summed E-state index contributed by atoms with van der Waals surface area (Å²) in [5.74, 6) is 1.39. The van der Waals surface area contributed by atoms with Crippen molar-refractivity contribution in [3.63, 3.8) is 0 Å². The van der Waals surface area contributed by atoms with Crippen LogP contribution in [0.15, 0.2) is 72.8 Å². The van der Waals surface area contributed by atoms with Gasteiger partial charge in [-0.15, -0.1) is 10.2 Å². The zero-order chi connectivity index (χ0) is 35.4. The van der Waals surface area contributed by atoms with E-state index in [9.17, 15) is 0 Å². The molecular weight excluding hydrogens is 629 g/mol. The molecule has 0 N–H and O–H groups in total. The number of benzene rings is 2. The number of aromatic nitrogens is 4. The molecule has 0 radical (unpaired) electrons. The summed E-state index contributed by atoms with van der Waals surface area (Å²) in [7, 11) is -7.84. The van der Waals surface area contributed by atoms with E-state index in [-0.39, 0.29) is 20.2 Å². The molecule has 0 aliphatic rings. The van der Waals surface area contributed by atoms with E-state index in [2.05, 4.69) is 192 Å². The Morgan fingerprint density at radius 3 is 1.02 bits per heavy atom. The predicted molar refractivity (Wildman–Crippen MR) is 206 cm³/mol. The summed E-state index contributed by atoms with van der Waals surface area (Å²) in [4.78, 5) is 0. The van der Waals surface area contributed by atoms with Gasteiger partial charge < -0.3 is 8.85 Å². The van der Waals surface area contributed by atoms with E-state index < -0.39 is 25.0 Å². The maximum atomic E-state index is 7.32. The van der Waals surface area contributed by atoms with Crippen molar-refractivity contribution in [1.29, 1.82) is 0 Å². The van der Waals surface area contributed by atoms with Gasteiger partial charge in [-0.25, -0.2) is 0 Å². The van der Waals surface area contributed by atoms with E-state index in [1.807, 2.05) is 0 Å². The smallest absolute Gasteiger partial charge is 0.304 e. The molecule has 4 rings (SSSR count). The van der Waals surface area contributed by atoms with Gasteiger partial charge >= 0.3 is 8.40 Å². The van der Waals surface area contributed by atoms with Gasteiger partial charge in [-0.05, 0) is 57.5 Å². The second kappa shape index (κ2) is 12.2. The molecule has 4 aromatic rings. The highest BCUT2D eigenvalue weighted by Crippen LogP contribution is 2.52. The fraction of sp³-hybridized carbons (Fsp3) is 0.526. The molecular formula is C38H60N4O2Si3. The molecule has 2 aromatic carbocycles. The van der Waals surface area contributed by atoms with Crippen LogP contribution in [0.1, 0.15) is 94.5 Å². The van der Waals surface area contributed by atoms with Gasteiger partial charge in [0.1, 0.15) is 0 Å². The second-order valence-electron chi connectivity index (χ2n) is 17.9. The lowest BCUT2D eigenvalue weighted by Crippen LogP contribution is -2.66. The summed E-state index contributed by atoms with van der Waals surface area (Å²) < 4.78 is 19.0. The Balaban J connectivity index is 1.80. The Morgan fingerprint density at radius 2 is 0.766 bits per heavy atom. The zero-order valence-electron chi connectivity index (χ0n) is 32.0. The van der Waals surface area contributed by atoms with Crippen LogP contribution in [0.5, 0.6) is 11.8 Å². The Hall–Kier alpha value is -2.89. The van der Waals surface area contributed by atoms with Crippen LogP contribution in [-0.4, -0.2) is 43.9 Å². The lowest BCUT2D eigenvalue weighted by molar-refractivity contribution is 0.424. The highest BCUT2D eigenvalue weighted by molar-refractivity contribution is 6.92. The monoisotopic (exact) mass is 688 g/mol. The van der Waals surface area contributed by atoms with Crippen molar-refractivity contribution in [2.75, 3.05) is 0 Å². The summed E-state index contributed by atoms with van der Waals surface area (Å²) in [6.07, 6.45) is 0. The molecule has 47 heavy (non-hydrogen) atoms. The average molecular weight is 689 g/mol. The minimum atomic E-state index is -2.66. The first kappa shape index (κ1) is 36.9. The number of hydrogen-bond donors (Lipinski definition) is 0. The summed E-state index contributed by atoms with van der Waals surface area (Å²) in [5, 5.41) is 12.7. The molecule has 0 saturated heterocycles.